The second kappa shape index (κ2) is 4.28. The predicted octanol–water partition coefficient (Wildman–Crippen LogP) is 1.66. The molecule has 3 rings (SSSR count). The van der Waals surface area contributed by atoms with Crippen LogP contribution in [-0.4, -0.2) is 28.9 Å². The molecule has 0 amide bonds. The molecular weight excluding hydrogens is 230 g/mol. The minimum atomic E-state index is -0.763. The summed E-state index contributed by atoms with van der Waals surface area (Å²) in [7, 11) is 0. The van der Waals surface area contributed by atoms with Gasteiger partial charge in [0.2, 0.25) is 0 Å². The van der Waals surface area contributed by atoms with Gasteiger partial charge in [-0.1, -0.05) is 13.3 Å². The first kappa shape index (κ1) is 12.0. The summed E-state index contributed by atoms with van der Waals surface area (Å²) >= 11 is 0. The number of rotatable bonds is 3. The monoisotopic (exact) mass is 249 g/mol. The first-order valence-corrected chi connectivity index (χ1v) is 6.67. The van der Waals surface area contributed by atoms with E-state index in [-0.39, 0.29) is 6.04 Å². The van der Waals surface area contributed by atoms with Crippen LogP contribution in [0.4, 0.5) is 0 Å². The van der Waals surface area contributed by atoms with Crippen LogP contribution < -0.4 is 5.32 Å². The van der Waals surface area contributed by atoms with Crippen molar-refractivity contribution < 1.29 is 9.65 Å². The van der Waals surface area contributed by atoms with Crippen molar-refractivity contribution in [3.05, 3.63) is 35.3 Å². The minimum absolute atomic E-state index is 0.0756. The molecule has 98 valence electrons. The number of hydrogen-bond donors (Lipinski definition) is 1. The van der Waals surface area contributed by atoms with Crippen LogP contribution in [0.15, 0.2) is 24.5 Å². The third kappa shape index (κ3) is 1.59. The lowest BCUT2D eigenvalue weighted by atomic mass is 9.95. The fourth-order valence-corrected chi connectivity index (χ4v) is 3.03. The highest BCUT2D eigenvalue weighted by molar-refractivity contribution is 5.21. The largest absolute Gasteiger partial charge is 0.595 e. The van der Waals surface area contributed by atoms with Crippen LogP contribution in [0.1, 0.15) is 31.7 Å². The molecule has 5 nitrogen and oxygen atoms in total. The summed E-state index contributed by atoms with van der Waals surface area (Å²) in [6.07, 6.45) is 6.31. The van der Waals surface area contributed by atoms with Gasteiger partial charge in [-0.05, 0) is 18.6 Å². The summed E-state index contributed by atoms with van der Waals surface area (Å²) in [6, 6.07) is 3.89. The number of pyridine rings is 1. The molecule has 1 aromatic heterocycles. The smallest absolute Gasteiger partial charge is 0.326 e. The fraction of sp³-hybridized carbons (Fsp3) is 0.615. The van der Waals surface area contributed by atoms with Crippen molar-refractivity contribution in [1.29, 1.82) is 0 Å². The molecule has 3 atom stereocenters. The van der Waals surface area contributed by atoms with Crippen LogP contribution in [0.25, 0.3) is 0 Å². The standard InChI is InChI=1S/C13H19N3O2/c1-2-5-12-13(11-6-3-7-14-10-11)16(17,18-13)9-4-8-15-12/h3,6-7,10,12,15H,2,4-5,8-9H2,1H3. The van der Waals surface area contributed by atoms with Crippen molar-refractivity contribution in [3.63, 3.8) is 0 Å². The van der Waals surface area contributed by atoms with E-state index in [9.17, 15) is 5.21 Å². The normalized spacial score (nSPS) is 38.9. The van der Waals surface area contributed by atoms with Gasteiger partial charge in [-0.25, -0.2) is 0 Å². The number of quaternary nitrogens is 1. The summed E-state index contributed by atoms with van der Waals surface area (Å²) in [5, 5.41) is 16.1. The average Bonchev–Trinajstić information content (AvgIpc) is 3.03. The molecule has 2 aliphatic heterocycles. The van der Waals surface area contributed by atoms with Crippen molar-refractivity contribution >= 4 is 0 Å². The highest BCUT2D eigenvalue weighted by atomic mass is 17.1. The van der Waals surface area contributed by atoms with Gasteiger partial charge >= 0.3 is 5.72 Å². The number of nitrogens with zero attached hydrogens (tertiary/aromatic N) is 2. The Bertz CT molecular complexity index is 428. The van der Waals surface area contributed by atoms with Crippen LogP contribution in [0, 0.1) is 5.21 Å². The Labute approximate surface area is 107 Å². The number of hydrogen-bond acceptors (Lipinski definition) is 4. The Morgan fingerprint density at radius 1 is 1.67 bits per heavy atom. The van der Waals surface area contributed by atoms with Crippen molar-refractivity contribution in [1.82, 2.24) is 10.3 Å². The molecule has 18 heavy (non-hydrogen) atoms. The molecule has 3 heterocycles. The van der Waals surface area contributed by atoms with E-state index >= 15 is 0 Å². The van der Waals surface area contributed by atoms with E-state index in [4.69, 9.17) is 4.84 Å². The Morgan fingerprint density at radius 3 is 3.28 bits per heavy atom. The van der Waals surface area contributed by atoms with Gasteiger partial charge in [0.05, 0.1) is 5.56 Å². The molecule has 0 radical (unpaired) electrons. The van der Waals surface area contributed by atoms with E-state index < -0.39 is 10.5 Å². The predicted molar refractivity (Wildman–Crippen MR) is 66.8 cm³/mol. The van der Waals surface area contributed by atoms with Crippen LogP contribution in [0.5, 0.6) is 0 Å². The quantitative estimate of drug-likeness (QED) is 0.503. The molecule has 0 aliphatic carbocycles. The number of fused-ring (bicyclic) bond motifs is 1. The van der Waals surface area contributed by atoms with Gasteiger partial charge in [-0.2, -0.15) is 4.81 Å². The van der Waals surface area contributed by atoms with Gasteiger partial charge in [0.1, 0.15) is 12.6 Å². The molecular formula is C13H19N3O2. The lowest BCUT2D eigenvalue weighted by Crippen LogP contribution is -2.44. The van der Waals surface area contributed by atoms with E-state index in [2.05, 4.69) is 17.2 Å². The number of nitrogens with one attached hydrogen (secondary N) is 1. The van der Waals surface area contributed by atoms with Crippen molar-refractivity contribution in [3.8, 4) is 0 Å². The minimum Gasteiger partial charge on any atom is -0.595 e. The van der Waals surface area contributed by atoms with E-state index in [1.807, 2.05) is 12.1 Å². The van der Waals surface area contributed by atoms with Gasteiger partial charge in [-0.3, -0.25) is 4.98 Å². The first-order valence-electron chi connectivity index (χ1n) is 6.67. The summed E-state index contributed by atoms with van der Waals surface area (Å²) < 4.78 is 0. The highest BCUT2D eigenvalue weighted by Gasteiger charge is 2.74. The number of hydroxylamine groups is 4. The van der Waals surface area contributed by atoms with Gasteiger partial charge < -0.3 is 10.5 Å². The molecule has 2 saturated heterocycles. The fourth-order valence-electron chi connectivity index (χ4n) is 3.03. The second-order valence-electron chi connectivity index (χ2n) is 5.08. The molecule has 2 aliphatic rings. The SMILES string of the molecule is CCCC1NCCC[N+]2([O-])OC12c1cccnc1. The van der Waals surface area contributed by atoms with E-state index in [1.54, 1.807) is 12.4 Å². The van der Waals surface area contributed by atoms with E-state index in [0.717, 1.165) is 31.4 Å². The van der Waals surface area contributed by atoms with Crippen LogP contribution >= 0.6 is 0 Å². The molecule has 1 N–H and O–H groups in total. The average molecular weight is 249 g/mol. The van der Waals surface area contributed by atoms with Crippen molar-refractivity contribution in [2.45, 2.75) is 38.0 Å². The molecule has 3 unspecified atom stereocenters. The molecule has 5 heteroatoms. The maximum absolute atomic E-state index is 12.7. The summed E-state index contributed by atoms with van der Waals surface area (Å²) in [5.74, 6) is 0. The maximum Gasteiger partial charge on any atom is 0.326 e. The molecule has 1 aromatic rings. The van der Waals surface area contributed by atoms with Gasteiger partial charge in [0, 0.05) is 25.4 Å². The number of aromatic nitrogens is 1. The molecule has 0 saturated carbocycles. The van der Waals surface area contributed by atoms with Crippen LogP contribution in [0.3, 0.4) is 0 Å². The topological polar surface area (TPSA) is 60.5 Å². The zero-order chi connectivity index (χ0) is 12.6. The Balaban J connectivity index is 2.00. The van der Waals surface area contributed by atoms with Gasteiger partial charge in [-0.15, -0.1) is 4.84 Å². The highest BCUT2D eigenvalue weighted by Crippen LogP contribution is 2.56. The zero-order valence-electron chi connectivity index (χ0n) is 10.6. The molecule has 0 spiro atoms. The molecule has 2 fully saturated rings. The second-order valence-corrected chi connectivity index (χ2v) is 5.08. The first-order chi connectivity index (χ1) is 8.73. The zero-order valence-corrected chi connectivity index (χ0v) is 10.6. The third-order valence-corrected chi connectivity index (χ3v) is 3.91. The molecule has 0 aromatic carbocycles. The van der Waals surface area contributed by atoms with E-state index in [0.29, 0.717) is 6.54 Å². The Kier molecular flexibility index (Phi) is 2.86. The lowest BCUT2D eigenvalue weighted by Gasteiger charge is -2.24. The Hall–Kier alpha value is -1.01. The van der Waals surface area contributed by atoms with E-state index in [1.165, 1.54) is 0 Å². The Morgan fingerprint density at radius 2 is 2.56 bits per heavy atom. The summed E-state index contributed by atoms with van der Waals surface area (Å²) in [6.45, 7) is 3.53. The van der Waals surface area contributed by atoms with Crippen molar-refractivity contribution in [2.24, 2.45) is 0 Å². The van der Waals surface area contributed by atoms with Gasteiger partial charge in [0.25, 0.3) is 0 Å². The lowest BCUT2D eigenvalue weighted by molar-refractivity contribution is -0.885. The van der Waals surface area contributed by atoms with Crippen molar-refractivity contribution in [2.75, 3.05) is 13.1 Å². The van der Waals surface area contributed by atoms with Crippen LogP contribution in [-0.2, 0) is 10.6 Å². The summed E-state index contributed by atoms with van der Waals surface area (Å²) in [5.41, 5.74) is 0.133. The van der Waals surface area contributed by atoms with Gasteiger partial charge in [0.15, 0.2) is 0 Å². The summed E-state index contributed by atoms with van der Waals surface area (Å²) in [4.78, 5) is 9.25. The third-order valence-electron chi connectivity index (χ3n) is 3.91. The van der Waals surface area contributed by atoms with Crippen LogP contribution in [0.2, 0.25) is 0 Å². The maximum atomic E-state index is 12.7. The molecule has 0 bridgehead atoms.